The van der Waals surface area contributed by atoms with Crippen LogP contribution in [0.25, 0.3) is 0 Å². The van der Waals surface area contributed by atoms with Gasteiger partial charge in [-0.15, -0.1) is 24.8 Å². The number of halogens is 2. The number of benzene rings is 1. The van der Waals surface area contributed by atoms with Gasteiger partial charge in [-0.2, -0.15) is 0 Å². The Morgan fingerprint density at radius 1 is 1.26 bits per heavy atom. The third-order valence-electron chi connectivity index (χ3n) is 5.68. The van der Waals surface area contributed by atoms with E-state index >= 15 is 0 Å². The van der Waals surface area contributed by atoms with Crippen LogP contribution in [-0.2, 0) is 16.1 Å². The van der Waals surface area contributed by atoms with E-state index in [0.717, 1.165) is 18.2 Å². The summed E-state index contributed by atoms with van der Waals surface area (Å²) in [5.41, 5.74) is 7.57. The smallest absolute Gasteiger partial charge is 0.232 e. The van der Waals surface area contributed by atoms with E-state index in [1.807, 2.05) is 12.1 Å². The Bertz CT molecular complexity index is 577. The van der Waals surface area contributed by atoms with Crippen LogP contribution in [0.4, 0.5) is 5.69 Å². The number of carbonyl (C=O) groups excluding carboxylic acids is 1. The summed E-state index contributed by atoms with van der Waals surface area (Å²) in [6.45, 7) is 7.27. The van der Waals surface area contributed by atoms with Gasteiger partial charge in [0, 0.05) is 38.5 Å². The third-order valence-corrected chi connectivity index (χ3v) is 5.68. The molecule has 0 bridgehead atoms. The lowest BCUT2D eigenvalue weighted by Gasteiger charge is -2.34. The second-order valence-electron chi connectivity index (χ2n) is 7.73. The summed E-state index contributed by atoms with van der Waals surface area (Å²) in [6.07, 6.45) is 4.02. The largest absolute Gasteiger partial charge is 0.381 e. The van der Waals surface area contributed by atoms with Gasteiger partial charge < -0.3 is 15.8 Å². The molecule has 3 rings (SSSR count). The van der Waals surface area contributed by atoms with Crippen LogP contribution in [-0.4, -0.2) is 43.7 Å². The van der Waals surface area contributed by atoms with Crippen molar-refractivity contribution < 1.29 is 9.53 Å². The maximum atomic E-state index is 12.7. The van der Waals surface area contributed by atoms with E-state index in [1.54, 1.807) is 0 Å². The van der Waals surface area contributed by atoms with Crippen molar-refractivity contribution in [3.05, 3.63) is 29.8 Å². The maximum absolute atomic E-state index is 12.7. The first-order chi connectivity index (χ1) is 12.1. The Hall–Kier alpha value is -0.850. The van der Waals surface area contributed by atoms with Crippen molar-refractivity contribution in [1.82, 2.24) is 4.90 Å². The highest BCUT2D eigenvalue weighted by atomic mass is 35.5. The second-order valence-corrected chi connectivity index (χ2v) is 7.73. The minimum absolute atomic E-state index is 0. The summed E-state index contributed by atoms with van der Waals surface area (Å²) in [5.74, 6) is 0.815. The fourth-order valence-corrected chi connectivity index (χ4v) is 3.93. The normalized spacial score (nSPS) is 22.2. The first-order valence-electron chi connectivity index (χ1n) is 9.52. The number of nitrogens with one attached hydrogen (secondary N) is 1. The predicted octanol–water partition coefficient (Wildman–Crippen LogP) is 3.46. The van der Waals surface area contributed by atoms with Gasteiger partial charge in [-0.1, -0.05) is 19.1 Å². The SMILES string of the molecule is CC1CCCN(Cc2ccc(NC(=O)C3(CN)CCOCC3)cc2)C1.Cl.Cl. The fourth-order valence-electron chi connectivity index (χ4n) is 3.93. The molecule has 1 unspecified atom stereocenters. The molecular weight excluding hydrogens is 385 g/mol. The predicted molar refractivity (Wildman–Crippen MR) is 115 cm³/mol. The molecule has 1 amide bonds. The monoisotopic (exact) mass is 417 g/mol. The van der Waals surface area contributed by atoms with Crippen molar-refractivity contribution in [2.24, 2.45) is 17.1 Å². The van der Waals surface area contributed by atoms with Crippen molar-refractivity contribution in [2.75, 3.05) is 38.2 Å². The Balaban J connectivity index is 0.00000182. The number of likely N-dealkylation sites (tertiary alicyclic amines) is 1. The van der Waals surface area contributed by atoms with Crippen molar-refractivity contribution in [3.8, 4) is 0 Å². The quantitative estimate of drug-likeness (QED) is 0.769. The number of piperidine rings is 1. The molecule has 2 aliphatic rings. The zero-order valence-electron chi connectivity index (χ0n) is 16.1. The summed E-state index contributed by atoms with van der Waals surface area (Å²) >= 11 is 0. The Morgan fingerprint density at radius 2 is 1.93 bits per heavy atom. The molecule has 3 N–H and O–H groups in total. The molecule has 1 aromatic rings. The Morgan fingerprint density at radius 3 is 2.52 bits per heavy atom. The topological polar surface area (TPSA) is 67.6 Å². The lowest BCUT2D eigenvalue weighted by molar-refractivity contribution is -0.130. The number of ether oxygens (including phenoxy) is 1. The number of nitrogens with zero attached hydrogens (tertiary/aromatic N) is 1. The van der Waals surface area contributed by atoms with Crippen LogP contribution in [0.5, 0.6) is 0 Å². The van der Waals surface area contributed by atoms with Gasteiger partial charge in [-0.25, -0.2) is 0 Å². The molecule has 0 saturated carbocycles. The molecule has 0 radical (unpaired) electrons. The van der Waals surface area contributed by atoms with Gasteiger partial charge in [-0.05, 0) is 55.8 Å². The van der Waals surface area contributed by atoms with E-state index in [4.69, 9.17) is 10.5 Å². The number of carbonyl (C=O) groups is 1. The van der Waals surface area contributed by atoms with E-state index in [-0.39, 0.29) is 30.7 Å². The number of hydrogen-bond donors (Lipinski definition) is 2. The van der Waals surface area contributed by atoms with Crippen LogP contribution in [0.3, 0.4) is 0 Å². The summed E-state index contributed by atoms with van der Waals surface area (Å²) in [7, 11) is 0. The lowest BCUT2D eigenvalue weighted by Crippen LogP contribution is -2.46. The molecule has 2 heterocycles. The van der Waals surface area contributed by atoms with Gasteiger partial charge in [0.15, 0.2) is 0 Å². The van der Waals surface area contributed by atoms with E-state index in [2.05, 4.69) is 29.3 Å². The van der Waals surface area contributed by atoms with E-state index in [9.17, 15) is 4.79 Å². The van der Waals surface area contributed by atoms with Gasteiger partial charge >= 0.3 is 0 Å². The highest BCUT2D eigenvalue weighted by Gasteiger charge is 2.38. The van der Waals surface area contributed by atoms with E-state index < -0.39 is 5.41 Å². The van der Waals surface area contributed by atoms with Gasteiger partial charge in [0.1, 0.15) is 0 Å². The van der Waals surface area contributed by atoms with Crippen molar-refractivity contribution in [1.29, 1.82) is 0 Å². The van der Waals surface area contributed by atoms with Gasteiger partial charge in [0.25, 0.3) is 0 Å². The highest BCUT2D eigenvalue weighted by Crippen LogP contribution is 2.31. The zero-order valence-corrected chi connectivity index (χ0v) is 17.7. The average molecular weight is 418 g/mol. The van der Waals surface area contributed by atoms with Gasteiger partial charge in [0.05, 0.1) is 5.41 Å². The fraction of sp³-hybridized carbons (Fsp3) is 0.650. The molecule has 2 aliphatic heterocycles. The third kappa shape index (κ3) is 6.33. The van der Waals surface area contributed by atoms with Crippen LogP contribution in [0, 0.1) is 11.3 Å². The molecule has 0 aromatic heterocycles. The molecule has 1 aromatic carbocycles. The first-order valence-corrected chi connectivity index (χ1v) is 9.52. The number of hydrogen-bond acceptors (Lipinski definition) is 4. The first kappa shape index (κ1) is 24.2. The summed E-state index contributed by atoms with van der Waals surface area (Å²) in [5, 5.41) is 3.05. The molecule has 2 saturated heterocycles. The average Bonchev–Trinajstić information content (AvgIpc) is 2.64. The molecule has 27 heavy (non-hydrogen) atoms. The van der Waals surface area contributed by atoms with E-state index in [1.165, 1.54) is 31.5 Å². The molecule has 2 fully saturated rings. The van der Waals surface area contributed by atoms with Crippen LogP contribution in [0.15, 0.2) is 24.3 Å². The van der Waals surface area contributed by atoms with E-state index in [0.29, 0.717) is 32.6 Å². The number of rotatable bonds is 5. The number of nitrogens with two attached hydrogens (primary N) is 1. The zero-order chi connectivity index (χ0) is 17.7. The molecule has 5 nitrogen and oxygen atoms in total. The molecule has 0 aliphatic carbocycles. The summed E-state index contributed by atoms with van der Waals surface area (Å²) in [6, 6.07) is 8.25. The van der Waals surface area contributed by atoms with Crippen molar-refractivity contribution in [3.63, 3.8) is 0 Å². The molecule has 154 valence electrons. The minimum atomic E-state index is -0.485. The van der Waals surface area contributed by atoms with Gasteiger partial charge in [0.2, 0.25) is 5.91 Å². The van der Waals surface area contributed by atoms with Crippen molar-refractivity contribution >= 4 is 36.4 Å². The number of amides is 1. The van der Waals surface area contributed by atoms with Crippen LogP contribution in [0.2, 0.25) is 0 Å². The Kier molecular flexibility index (Phi) is 10.1. The van der Waals surface area contributed by atoms with Crippen LogP contribution < -0.4 is 11.1 Å². The second kappa shape index (κ2) is 11.2. The standard InChI is InChI=1S/C20H31N3O2.2ClH/c1-16-3-2-10-23(13-16)14-17-4-6-18(7-5-17)22-19(24)20(15-21)8-11-25-12-9-20;;/h4-7,16H,2-3,8-15,21H2,1H3,(H,22,24);2*1H. The van der Waals surface area contributed by atoms with Crippen LogP contribution >= 0.6 is 24.8 Å². The lowest BCUT2D eigenvalue weighted by atomic mass is 9.79. The maximum Gasteiger partial charge on any atom is 0.232 e. The van der Waals surface area contributed by atoms with Crippen LogP contribution in [0.1, 0.15) is 38.2 Å². The molecular formula is C20H33Cl2N3O2. The summed E-state index contributed by atoms with van der Waals surface area (Å²) < 4.78 is 5.38. The van der Waals surface area contributed by atoms with Crippen molar-refractivity contribution in [2.45, 2.75) is 39.2 Å². The molecule has 0 spiro atoms. The Labute approximate surface area is 175 Å². The van der Waals surface area contributed by atoms with Gasteiger partial charge in [-0.3, -0.25) is 9.69 Å². The molecule has 1 atom stereocenters. The summed E-state index contributed by atoms with van der Waals surface area (Å²) in [4.78, 5) is 15.2. The molecule has 7 heteroatoms. The highest BCUT2D eigenvalue weighted by molar-refractivity contribution is 5.95. The minimum Gasteiger partial charge on any atom is -0.381 e. The number of anilines is 1.